The molecule has 0 aliphatic carbocycles. The number of furan rings is 1. The summed E-state index contributed by atoms with van der Waals surface area (Å²) in [5.41, 5.74) is 0. The fourth-order valence-corrected chi connectivity index (χ4v) is 2.93. The summed E-state index contributed by atoms with van der Waals surface area (Å²) < 4.78 is 7.41. The van der Waals surface area contributed by atoms with Crippen molar-refractivity contribution < 1.29 is 19.1 Å². The van der Waals surface area contributed by atoms with Crippen LogP contribution in [0.4, 0.5) is 0 Å². The summed E-state index contributed by atoms with van der Waals surface area (Å²) in [5, 5.41) is 12.6. The molecule has 2 heterocycles. The summed E-state index contributed by atoms with van der Waals surface area (Å²) in [4.78, 5) is 27.7. The van der Waals surface area contributed by atoms with Crippen molar-refractivity contribution in [2.24, 2.45) is 13.0 Å². The van der Waals surface area contributed by atoms with Crippen LogP contribution in [-0.2, 0) is 17.6 Å². The lowest BCUT2D eigenvalue weighted by Crippen LogP contribution is -2.44. The number of thioether (sulfide) groups is 1. The van der Waals surface area contributed by atoms with E-state index in [0.29, 0.717) is 17.9 Å². The van der Waals surface area contributed by atoms with Gasteiger partial charge in [-0.2, -0.15) is 0 Å². The lowest BCUT2D eigenvalue weighted by atomic mass is 9.99. The van der Waals surface area contributed by atoms with Gasteiger partial charge in [-0.05, 0) is 18.1 Å². The van der Waals surface area contributed by atoms with Crippen LogP contribution in [0.3, 0.4) is 0 Å². The molecule has 0 saturated heterocycles. The molecule has 0 aromatic carbocycles. The van der Waals surface area contributed by atoms with Crippen molar-refractivity contribution in [2.45, 2.75) is 37.2 Å². The second-order valence-electron chi connectivity index (χ2n) is 5.55. The minimum absolute atomic E-state index is 0.111. The summed E-state index contributed by atoms with van der Waals surface area (Å²) in [6.45, 7) is 3.67. The summed E-state index contributed by atoms with van der Waals surface area (Å²) in [6, 6.07) is 2.33. The van der Waals surface area contributed by atoms with E-state index in [1.54, 1.807) is 25.3 Å². The highest BCUT2D eigenvalue weighted by Gasteiger charge is 2.26. The number of nitrogens with zero attached hydrogens (tertiary/aromatic N) is 2. The maximum absolute atomic E-state index is 12.2. The Morgan fingerprint density at radius 1 is 1.46 bits per heavy atom. The number of rotatable bonds is 8. The van der Waals surface area contributed by atoms with Crippen molar-refractivity contribution in [1.82, 2.24) is 14.9 Å². The molecule has 0 unspecified atom stereocenters. The highest BCUT2D eigenvalue weighted by molar-refractivity contribution is 7.98. The molecular weight excluding hydrogens is 330 g/mol. The number of aromatic nitrogens is 2. The molecule has 0 aliphatic rings. The quantitative estimate of drug-likeness (QED) is 0.709. The van der Waals surface area contributed by atoms with Crippen LogP contribution < -0.4 is 5.32 Å². The van der Waals surface area contributed by atoms with Crippen molar-refractivity contribution in [2.75, 3.05) is 0 Å². The van der Waals surface area contributed by atoms with Gasteiger partial charge in [-0.15, -0.1) is 0 Å². The largest absolute Gasteiger partial charge is 0.480 e. The Bertz CT molecular complexity index is 710. The van der Waals surface area contributed by atoms with Gasteiger partial charge in [0.2, 0.25) is 0 Å². The van der Waals surface area contributed by atoms with Crippen molar-refractivity contribution in [3.8, 4) is 0 Å². The molecule has 1 amide bonds. The van der Waals surface area contributed by atoms with Crippen LogP contribution >= 0.6 is 11.8 Å². The second kappa shape index (κ2) is 8.05. The standard InChI is InChI=1S/C16H21N3O4S/c1-4-10(2)13(15(21)22)18-14(20)12-6-5-11(23-12)9-24-16-17-7-8-19(16)3/h5-8,10,13H,4,9H2,1-3H3,(H,18,20)(H,21,22)/t10-,13-/m0/s1. The summed E-state index contributed by atoms with van der Waals surface area (Å²) in [5.74, 6) is -0.458. The van der Waals surface area contributed by atoms with Crippen molar-refractivity contribution in [3.05, 3.63) is 36.0 Å². The molecule has 24 heavy (non-hydrogen) atoms. The lowest BCUT2D eigenvalue weighted by Gasteiger charge is -2.19. The third kappa shape index (κ3) is 4.41. The van der Waals surface area contributed by atoms with Gasteiger partial charge in [0, 0.05) is 19.4 Å². The topological polar surface area (TPSA) is 97.4 Å². The normalized spacial score (nSPS) is 13.5. The second-order valence-corrected chi connectivity index (χ2v) is 6.49. The lowest BCUT2D eigenvalue weighted by molar-refractivity contribution is -0.140. The number of carboxylic acids is 1. The van der Waals surface area contributed by atoms with Gasteiger partial charge in [-0.1, -0.05) is 32.0 Å². The monoisotopic (exact) mass is 351 g/mol. The van der Waals surface area contributed by atoms with Crippen LogP contribution in [0, 0.1) is 5.92 Å². The van der Waals surface area contributed by atoms with E-state index in [0.717, 1.165) is 5.16 Å². The molecule has 0 radical (unpaired) electrons. The van der Waals surface area contributed by atoms with Gasteiger partial charge in [-0.3, -0.25) is 4.79 Å². The van der Waals surface area contributed by atoms with Crippen LogP contribution in [0.25, 0.3) is 0 Å². The van der Waals surface area contributed by atoms with E-state index in [2.05, 4.69) is 10.3 Å². The number of aliphatic carboxylic acids is 1. The highest BCUT2D eigenvalue weighted by Crippen LogP contribution is 2.22. The van der Waals surface area contributed by atoms with Gasteiger partial charge in [-0.25, -0.2) is 9.78 Å². The molecule has 130 valence electrons. The maximum Gasteiger partial charge on any atom is 0.326 e. The molecule has 0 saturated carbocycles. The fraction of sp³-hybridized carbons (Fsp3) is 0.438. The number of hydrogen-bond acceptors (Lipinski definition) is 5. The molecule has 0 spiro atoms. The zero-order chi connectivity index (χ0) is 17.7. The first-order valence-corrected chi connectivity index (χ1v) is 8.63. The molecule has 7 nitrogen and oxygen atoms in total. The SMILES string of the molecule is CC[C@H](C)[C@H](NC(=O)c1ccc(CSc2nccn2C)o1)C(=O)O. The number of carbonyl (C=O) groups is 2. The van der Waals surface area contributed by atoms with Gasteiger partial charge in [0.1, 0.15) is 11.8 Å². The summed E-state index contributed by atoms with van der Waals surface area (Å²) in [7, 11) is 1.90. The van der Waals surface area contributed by atoms with Gasteiger partial charge < -0.3 is 19.4 Å². The molecule has 0 aliphatic heterocycles. The van der Waals surface area contributed by atoms with E-state index in [1.807, 2.05) is 24.7 Å². The predicted molar refractivity (Wildman–Crippen MR) is 89.8 cm³/mol. The van der Waals surface area contributed by atoms with Crippen LogP contribution in [0.2, 0.25) is 0 Å². The minimum atomic E-state index is -1.05. The molecule has 0 fully saturated rings. The zero-order valence-corrected chi connectivity index (χ0v) is 14.7. The zero-order valence-electron chi connectivity index (χ0n) is 13.9. The molecule has 2 aromatic heterocycles. The first-order chi connectivity index (χ1) is 11.4. The van der Waals surface area contributed by atoms with Gasteiger partial charge in [0.15, 0.2) is 10.9 Å². The molecule has 2 N–H and O–H groups in total. The van der Waals surface area contributed by atoms with E-state index < -0.39 is 17.9 Å². The first kappa shape index (κ1) is 18.1. The van der Waals surface area contributed by atoms with Crippen molar-refractivity contribution in [1.29, 1.82) is 0 Å². The smallest absolute Gasteiger partial charge is 0.326 e. The van der Waals surface area contributed by atoms with Crippen molar-refractivity contribution in [3.63, 3.8) is 0 Å². The maximum atomic E-state index is 12.2. The van der Waals surface area contributed by atoms with E-state index >= 15 is 0 Å². The van der Waals surface area contributed by atoms with E-state index in [4.69, 9.17) is 4.42 Å². The van der Waals surface area contributed by atoms with Gasteiger partial charge in [0.05, 0.1) is 5.75 Å². The van der Waals surface area contributed by atoms with Crippen LogP contribution in [0.1, 0.15) is 36.6 Å². The Hall–Kier alpha value is -2.22. The Kier molecular flexibility index (Phi) is 6.08. The van der Waals surface area contributed by atoms with Gasteiger partial charge >= 0.3 is 5.97 Å². The van der Waals surface area contributed by atoms with Crippen LogP contribution in [0.5, 0.6) is 0 Å². The van der Waals surface area contributed by atoms with E-state index in [9.17, 15) is 14.7 Å². The van der Waals surface area contributed by atoms with Crippen molar-refractivity contribution >= 4 is 23.6 Å². The average Bonchev–Trinajstić information content (AvgIpc) is 3.18. The number of carboxylic acid groups (broad SMARTS) is 1. The number of imidazole rings is 1. The third-order valence-electron chi connectivity index (χ3n) is 3.77. The number of aryl methyl sites for hydroxylation is 1. The number of nitrogens with one attached hydrogen (secondary N) is 1. The van der Waals surface area contributed by atoms with Crippen LogP contribution in [0.15, 0.2) is 34.1 Å². The fourth-order valence-electron chi connectivity index (χ4n) is 2.10. The van der Waals surface area contributed by atoms with Gasteiger partial charge in [0.25, 0.3) is 5.91 Å². The summed E-state index contributed by atoms with van der Waals surface area (Å²) in [6.07, 6.45) is 4.22. The van der Waals surface area contributed by atoms with Crippen LogP contribution in [-0.4, -0.2) is 32.6 Å². The molecule has 8 heteroatoms. The number of amides is 1. The molecular formula is C16H21N3O4S. The average molecular weight is 351 g/mol. The Labute approximate surface area is 144 Å². The molecule has 2 aromatic rings. The van der Waals surface area contributed by atoms with E-state index in [1.165, 1.54) is 11.8 Å². The minimum Gasteiger partial charge on any atom is -0.480 e. The van der Waals surface area contributed by atoms with E-state index in [-0.39, 0.29) is 11.7 Å². The molecule has 2 atom stereocenters. The third-order valence-corrected chi connectivity index (χ3v) is 4.85. The number of hydrogen-bond donors (Lipinski definition) is 2. The Balaban J connectivity index is 1.97. The Morgan fingerprint density at radius 3 is 2.79 bits per heavy atom. The Morgan fingerprint density at radius 2 is 2.21 bits per heavy atom. The summed E-state index contributed by atoms with van der Waals surface area (Å²) >= 11 is 1.49. The highest BCUT2D eigenvalue weighted by atomic mass is 32.2. The molecule has 0 bridgehead atoms. The predicted octanol–water partition coefficient (Wildman–Crippen LogP) is 2.53. The number of carbonyl (C=O) groups excluding carboxylic acids is 1. The first-order valence-electron chi connectivity index (χ1n) is 7.64. The molecule has 2 rings (SSSR count).